The average molecular weight is 420 g/mol. The highest BCUT2D eigenvalue weighted by atomic mass is 32.1. The summed E-state index contributed by atoms with van der Waals surface area (Å²) in [6.45, 7) is 8.16. The number of allylic oxidation sites excluding steroid dienone is 1. The van der Waals surface area contributed by atoms with Crippen molar-refractivity contribution in [3.8, 4) is 0 Å². The van der Waals surface area contributed by atoms with E-state index in [4.69, 9.17) is 4.74 Å². The van der Waals surface area contributed by atoms with E-state index >= 15 is 0 Å². The number of aliphatic hydroxyl groups is 1. The Bertz CT molecular complexity index is 755. The number of thiophene rings is 1. The summed E-state index contributed by atoms with van der Waals surface area (Å²) >= 11 is 1.34. The highest BCUT2D eigenvalue weighted by molar-refractivity contribution is 7.15. The molecule has 160 valence electrons. The van der Waals surface area contributed by atoms with Crippen LogP contribution >= 0.6 is 11.3 Å². The number of amides is 1. The van der Waals surface area contributed by atoms with E-state index in [9.17, 15) is 14.7 Å². The van der Waals surface area contributed by atoms with Gasteiger partial charge in [-0.05, 0) is 75.8 Å². The zero-order chi connectivity index (χ0) is 21.1. The fraction of sp³-hybridized carbons (Fsp3) is 0.652. The molecule has 0 atom stereocenters. The van der Waals surface area contributed by atoms with Gasteiger partial charge in [0.2, 0.25) is 5.91 Å². The first-order valence-corrected chi connectivity index (χ1v) is 11.5. The molecule has 5 nitrogen and oxygen atoms in total. The predicted octanol–water partition coefficient (Wildman–Crippen LogP) is 5.03. The van der Waals surface area contributed by atoms with E-state index in [0.717, 1.165) is 49.0 Å². The van der Waals surface area contributed by atoms with Gasteiger partial charge in [-0.3, -0.25) is 4.79 Å². The number of rotatable bonds is 5. The molecular formula is C23H33NO4S. The third-order valence-electron chi connectivity index (χ3n) is 6.40. The Morgan fingerprint density at radius 2 is 1.76 bits per heavy atom. The summed E-state index contributed by atoms with van der Waals surface area (Å²) in [5.41, 5.74) is 1.52. The third kappa shape index (κ3) is 4.92. The minimum absolute atomic E-state index is 0.00114. The lowest BCUT2D eigenvalue weighted by Crippen LogP contribution is -2.47. The molecule has 0 unspecified atom stereocenters. The second-order valence-electron chi connectivity index (χ2n) is 8.72. The topological polar surface area (TPSA) is 66.8 Å². The molecule has 1 amide bonds. The van der Waals surface area contributed by atoms with Crippen molar-refractivity contribution in [3.05, 3.63) is 22.4 Å². The fourth-order valence-corrected chi connectivity index (χ4v) is 5.52. The second kappa shape index (κ2) is 9.43. The molecule has 0 aliphatic heterocycles. The number of methoxy groups -OCH3 is 1. The molecule has 1 aromatic rings. The van der Waals surface area contributed by atoms with E-state index < -0.39 is 5.97 Å². The van der Waals surface area contributed by atoms with E-state index in [2.05, 4.69) is 13.5 Å². The molecule has 0 radical (unpaired) electrons. The Balaban J connectivity index is 1.99. The number of ether oxygens (including phenoxy) is 1. The number of carbonyl (C=O) groups excluding carboxylic acids is 2. The molecule has 0 bridgehead atoms. The van der Waals surface area contributed by atoms with Crippen LogP contribution in [-0.4, -0.2) is 36.2 Å². The van der Waals surface area contributed by atoms with Crippen molar-refractivity contribution in [2.24, 2.45) is 11.8 Å². The normalized spacial score (nSPS) is 27.3. The quantitative estimate of drug-likeness (QED) is 0.680. The molecule has 2 aliphatic rings. The first-order chi connectivity index (χ1) is 13.8. The van der Waals surface area contributed by atoms with Gasteiger partial charge in [0.1, 0.15) is 4.88 Å². The lowest BCUT2D eigenvalue weighted by Gasteiger charge is -2.38. The van der Waals surface area contributed by atoms with Gasteiger partial charge in [-0.1, -0.05) is 13.5 Å². The van der Waals surface area contributed by atoms with Gasteiger partial charge in [0.15, 0.2) is 0 Å². The largest absolute Gasteiger partial charge is 0.465 e. The van der Waals surface area contributed by atoms with Crippen LogP contribution in [0.2, 0.25) is 0 Å². The summed E-state index contributed by atoms with van der Waals surface area (Å²) < 4.78 is 5.03. The maximum Gasteiger partial charge on any atom is 0.350 e. The third-order valence-corrected chi connectivity index (χ3v) is 7.66. The van der Waals surface area contributed by atoms with Gasteiger partial charge >= 0.3 is 5.97 Å². The molecule has 0 saturated heterocycles. The van der Waals surface area contributed by atoms with Gasteiger partial charge in [0.25, 0.3) is 0 Å². The van der Waals surface area contributed by atoms with Crippen molar-refractivity contribution in [1.82, 2.24) is 0 Å². The predicted molar refractivity (Wildman–Crippen MR) is 117 cm³/mol. The molecular weight excluding hydrogens is 386 g/mol. The number of anilines is 1. The summed E-state index contributed by atoms with van der Waals surface area (Å²) in [4.78, 5) is 29.5. The van der Waals surface area contributed by atoms with Crippen molar-refractivity contribution in [2.75, 3.05) is 12.0 Å². The number of esters is 1. The molecule has 1 heterocycles. The standard InChI is InChI=1S/C23H33NO4S/c1-14(2)20-13-19(21(29-20)23(27)28-4)24(17-9-11-18(25)12-10-17)22(26)16-7-5-15(3)6-8-16/h13,15-18,25H,1,5-12H2,2-4H3. The second-order valence-corrected chi connectivity index (χ2v) is 9.78. The molecule has 6 heteroatoms. The summed E-state index contributed by atoms with van der Waals surface area (Å²) in [5, 5.41) is 9.97. The smallest absolute Gasteiger partial charge is 0.350 e. The minimum atomic E-state index is -0.414. The summed E-state index contributed by atoms with van der Waals surface area (Å²) in [6.07, 6.45) is 6.49. The summed E-state index contributed by atoms with van der Waals surface area (Å²) in [5.74, 6) is 0.369. The highest BCUT2D eigenvalue weighted by Gasteiger charge is 2.37. The number of carbonyl (C=O) groups is 2. The van der Waals surface area contributed by atoms with Gasteiger partial charge < -0.3 is 14.7 Å². The molecule has 0 spiro atoms. The summed E-state index contributed by atoms with van der Waals surface area (Å²) in [7, 11) is 1.37. The lowest BCUT2D eigenvalue weighted by atomic mass is 9.81. The van der Waals surface area contributed by atoms with Crippen molar-refractivity contribution < 1.29 is 19.4 Å². The van der Waals surface area contributed by atoms with Crippen molar-refractivity contribution in [3.63, 3.8) is 0 Å². The first-order valence-electron chi connectivity index (χ1n) is 10.7. The fourth-order valence-electron chi connectivity index (χ4n) is 4.53. The molecule has 2 aliphatic carbocycles. The Morgan fingerprint density at radius 3 is 2.31 bits per heavy atom. The van der Waals surface area contributed by atoms with Gasteiger partial charge in [-0.15, -0.1) is 11.3 Å². The number of hydrogen-bond donors (Lipinski definition) is 1. The van der Waals surface area contributed by atoms with E-state index in [1.54, 1.807) is 0 Å². The zero-order valence-corrected chi connectivity index (χ0v) is 18.6. The van der Waals surface area contributed by atoms with Crippen molar-refractivity contribution in [1.29, 1.82) is 0 Å². The minimum Gasteiger partial charge on any atom is -0.465 e. The molecule has 2 fully saturated rings. The van der Waals surface area contributed by atoms with E-state index in [0.29, 0.717) is 29.3 Å². The Hall–Kier alpha value is -1.66. The van der Waals surface area contributed by atoms with Gasteiger partial charge in [-0.2, -0.15) is 0 Å². The van der Waals surface area contributed by atoms with Crippen LogP contribution in [0, 0.1) is 11.8 Å². The van der Waals surface area contributed by atoms with Crippen LogP contribution in [0.15, 0.2) is 12.6 Å². The summed E-state index contributed by atoms with van der Waals surface area (Å²) in [6, 6.07) is 1.93. The molecule has 3 rings (SSSR count). The SMILES string of the molecule is C=C(C)c1cc(N(C(=O)C2CCC(C)CC2)C2CCC(O)CC2)c(C(=O)OC)s1. The molecule has 1 aromatic heterocycles. The molecule has 1 N–H and O–H groups in total. The Morgan fingerprint density at radius 1 is 1.14 bits per heavy atom. The highest BCUT2D eigenvalue weighted by Crippen LogP contribution is 2.40. The van der Waals surface area contributed by atoms with E-state index in [1.165, 1.54) is 18.4 Å². The van der Waals surface area contributed by atoms with Crippen LogP contribution < -0.4 is 4.90 Å². The van der Waals surface area contributed by atoms with Crippen LogP contribution in [-0.2, 0) is 9.53 Å². The van der Waals surface area contributed by atoms with Crippen LogP contribution in [0.5, 0.6) is 0 Å². The van der Waals surface area contributed by atoms with E-state index in [-0.39, 0.29) is 24.0 Å². The average Bonchev–Trinajstić information content (AvgIpc) is 3.15. The number of aliphatic hydroxyl groups excluding tert-OH is 1. The van der Waals surface area contributed by atoms with Gasteiger partial charge in [0, 0.05) is 16.8 Å². The van der Waals surface area contributed by atoms with Crippen LogP contribution in [0.4, 0.5) is 5.69 Å². The van der Waals surface area contributed by atoms with E-state index in [1.807, 2.05) is 17.9 Å². The lowest BCUT2D eigenvalue weighted by molar-refractivity contribution is -0.124. The Labute approximate surface area is 177 Å². The van der Waals surface area contributed by atoms with Gasteiger partial charge in [0.05, 0.1) is 18.9 Å². The van der Waals surface area contributed by atoms with Crippen molar-refractivity contribution >= 4 is 34.5 Å². The van der Waals surface area contributed by atoms with Crippen LogP contribution in [0.1, 0.15) is 79.8 Å². The molecule has 29 heavy (non-hydrogen) atoms. The van der Waals surface area contributed by atoms with Crippen LogP contribution in [0.3, 0.4) is 0 Å². The van der Waals surface area contributed by atoms with Crippen molar-refractivity contribution in [2.45, 2.75) is 77.4 Å². The number of hydrogen-bond acceptors (Lipinski definition) is 5. The molecule has 2 saturated carbocycles. The number of nitrogens with zero attached hydrogens (tertiary/aromatic N) is 1. The maximum absolute atomic E-state index is 13.7. The maximum atomic E-state index is 13.7. The van der Waals surface area contributed by atoms with Gasteiger partial charge in [-0.25, -0.2) is 4.79 Å². The molecule has 0 aromatic carbocycles. The zero-order valence-electron chi connectivity index (χ0n) is 17.8. The first kappa shape index (κ1) is 22.0. The monoisotopic (exact) mass is 419 g/mol. The van der Waals surface area contributed by atoms with Crippen LogP contribution in [0.25, 0.3) is 5.57 Å². The Kier molecular flexibility index (Phi) is 7.17.